The molecule has 0 radical (unpaired) electrons. The Morgan fingerprint density at radius 2 is 1.93 bits per heavy atom. The Hall–Kier alpha value is -3.00. The van der Waals surface area contributed by atoms with Gasteiger partial charge in [-0.2, -0.15) is 0 Å². The zero-order valence-corrected chi connectivity index (χ0v) is 16.4. The molecule has 1 fully saturated rings. The summed E-state index contributed by atoms with van der Waals surface area (Å²) in [6.45, 7) is 0.216. The number of benzene rings is 1. The van der Waals surface area contributed by atoms with Crippen molar-refractivity contribution in [3.05, 3.63) is 35.5 Å². The molecule has 28 heavy (non-hydrogen) atoms. The number of aromatic nitrogens is 1. The van der Waals surface area contributed by atoms with Gasteiger partial charge < -0.3 is 24.4 Å². The van der Waals surface area contributed by atoms with Crippen LogP contribution in [0.1, 0.15) is 6.42 Å². The fourth-order valence-electron chi connectivity index (χ4n) is 2.99. The lowest BCUT2D eigenvalue weighted by atomic mass is 10.1. The SMILES string of the molecule is COc1ccc(NC(=O)C2CC(=O)N(c3cc(Cl)c(OC)cc3OC)C2)cn1. The molecular formula is C19H20ClN3O5. The standard InChI is InChI=1S/C19H20ClN3O5/c1-26-15-8-16(27-2)14(7-13(15)20)23-10-11(6-18(23)24)19(25)22-12-4-5-17(28-3)21-9-12/h4-5,7-9,11H,6,10H2,1-3H3,(H,22,25). The topological polar surface area (TPSA) is 90.0 Å². The predicted molar refractivity (Wildman–Crippen MR) is 104 cm³/mol. The molecule has 8 nitrogen and oxygen atoms in total. The third-order valence-corrected chi connectivity index (χ3v) is 4.75. The van der Waals surface area contributed by atoms with E-state index in [-0.39, 0.29) is 24.8 Å². The molecule has 0 aliphatic carbocycles. The van der Waals surface area contributed by atoms with E-state index >= 15 is 0 Å². The summed E-state index contributed by atoms with van der Waals surface area (Å²) in [6.07, 6.45) is 1.58. The van der Waals surface area contributed by atoms with Crippen LogP contribution in [0.25, 0.3) is 0 Å². The number of ether oxygens (including phenoxy) is 3. The zero-order valence-electron chi connectivity index (χ0n) is 15.7. The summed E-state index contributed by atoms with van der Waals surface area (Å²) in [5, 5.41) is 3.12. The molecule has 0 spiro atoms. The Morgan fingerprint density at radius 1 is 1.18 bits per heavy atom. The van der Waals surface area contributed by atoms with Crippen molar-refractivity contribution in [2.24, 2.45) is 5.92 Å². The number of methoxy groups -OCH3 is 3. The van der Waals surface area contributed by atoms with Crippen molar-refractivity contribution in [2.75, 3.05) is 38.1 Å². The first-order chi connectivity index (χ1) is 13.5. The van der Waals surface area contributed by atoms with Gasteiger partial charge in [-0.1, -0.05) is 11.6 Å². The summed E-state index contributed by atoms with van der Waals surface area (Å²) < 4.78 is 15.5. The quantitative estimate of drug-likeness (QED) is 0.794. The number of hydrogen-bond acceptors (Lipinski definition) is 6. The Kier molecular flexibility index (Phi) is 5.89. The second kappa shape index (κ2) is 8.35. The van der Waals surface area contributed by atoms with Gasteiger partial charge in [0.05, 0.1) is 49.8 Å². The number of nitrogens with one attached hydrogen (secondary N) is 1. The average molecular weight is 406 g/mol. The van der Waals surface area contributed by atoms with Gasteiger partial charge in [0, 0.05) is 25.1 Å². The van der Waals surface area contributed by atoms with Gasteiger partial charge >= 0.3 is 0 Å². The summed E-state index contributed by atoms with van der Waals surface area (Å²) >= 11 is 6.20. The van der Waals surface area contributed by atoms with E-state index in [0.717, 1.165) is 0 Å². The summed E-state index contributed by atoms with van der Waals surface area (Å²) in [4.78, 5) is 30.7. The molecule has 2 aromatic rings. The highest BCUT2D eigenvalue weighted by Gasteiger charge is 2.36. The molecule has 9 heteroatoms. The van der Waals surface area contributed by atoms with Crippen molar-refractivity contribution in [2.45, 2.75) is 6.42 Å². The van der Waals surface area contributed by atoms with Gasteiger partial charge in [0.25, 0.3) is 0 Å². The number of nitrogens with zero attached hydrogens (tertiary/aromatic N) is 2. The summed E-state index contributed by atoms with van der Waals surface area (Å²) in [7, 11) is 4.50. The van der Waals surface area contributed by atoms with Crippen LogP contribution in [0.15, 0.2) is 30.5 Å². The minimum absolute atomic E-state index is 0.0855. The zero-order chi connectivity index (χ0) is 20.3. The van der Waals surface area contributed by atoms with Gasteiger partial charge in [0.15, 0.2) is 0 Å². The number of halogens is 1. The van der Waals surface area contributed by atoms with E-state index in [9.17, 15) is 9.59 Å². The Morgan fingerprint density at radius 3 is 2.54 bits per heavy atom. The van der Waals surface area contributed by atoms with Crippen LogP contribution in [-0.2, 0) is 9.59 Å². The number of hydrogen-bond donors (Lipinski definition) is 1. The highest BCUT2D eigenvalue weighted by atomic mass is 35.5. The van der Waals surface area contributed by atoms with Crippen LogP contribution in [0.4, 0.5) is 11.4 Å². The highest BCUT2D eigenvalue weighted by molar-refractivity contribution is 6.32. The van der Waals surface area contributed by atoms with E-state index in [2.05, 4.69) is 10.3 Å². The molecule has 1 aromatic heterocycles. The van der Waals surface area contributed by atoms with Crippen molar-refractivity contribution in [1.29, 1.82) is 0 Å². The van der Waals surface area contributed by atoms with Crippen LogP contribution in [0.5, 0.6) is 17.4 Å². The minimum atomic E-state index is -0.514. The molecule has 2 amide bonds. The van der Waals surface area contributed by atoms with Crippen LogP contribution in [-0.4, -0.2) is 44.7 Å². The maximum Gasteiger partial charge on any atom is 0.229 e. The van der Waals surface area contributed by atoms with Crippen LogP contribution in [0, 0.1) is 5.92 Å². The number of pyridine rings is 1. The first kappa shape index (κ1) is 19.8. The van der Waals surface area contributed by atoms with Crippen molar-refractivity contribution in [3.8, 4) is 17.4 Å². The van der Waals surface area contributed by atoms with Crippen LogP contribution >= 0.6 is 11.6 Å². The predicted octanol–water partition coefficient (Wildman–Crippen LogP) is 2.75. The summed E-state index contributed by atoms with van der Waals surface area (Å²) in [6, 6.07) is 6.54. The van der Waals surface area contributed by atoms with E-state index in [1.807, 2.05) is 0 Å². The molecule has 148 valence electrons. The van der Waals surface area contributed by atoms with Crippen LogP contribution < -0.4 is 24.4 Å². The van der Waals surface area contributed by atoms with Gasteiger partial charge in [-0.15, -0.1) is 0 Å². The number of carbonyl (C=O) groups is 2. The average Bonchev–Trinajstić information content (AvgIpc) is 3.10. The summed E-state index contributed by atoms with van der Waals surface area (Å²) in [5.41, 5.74) is 1.03. The van der Waals surface area contributed by atoms with E-state index in [1.54, 1.807) is 24.3 Å². The lowest BCUT2D eigenvalue weighted by molar-refractivity contribution is -0.122. The Labute approximate surface area is 167 Å². The molecule has 1 atom stereocenters. The van der Waals surface area contributed by atoms with Crippen molar-refractivity contribution in [1.82, 2.24) is 4.98 Å². The fraction of sp³-hybridized carbons (Fsp3) is 0.316. The molecule has 1 aromatic carbocycles. The fourth-order valence-corrected chi connectivity index (χ4v) is 3.23. The summed E-state index contributed by atoms with van der Waals surface area (Å²) in [5.74, 6) is 0.364. The molecule has 1 N–H and O–H groups in total. The Bertz CT molecular complexity index is 888. The monoisotopic (exact) mass is 405 g/mol. The van der Waals surface area contributed by atoms with E-state index in [1.165, 1.54) is 32.4 Å². The smallest absolute Gasteiger partial charge is 0.229 e. The van der Waals surface area contributed by atoms with Crippen LogP contribution in [0.2, 0.25) is 5.02 Å². The Balaban J connectivity index is 1.76. The second-order valence-corrected chi connectivity index (χ2v) is 6.55. The largest absolute Gasteiger partial charge is 0.495 e. The van der Waals surface area contributed by atoms with Crippen LogP contribution in [0.3, 0.4) is 0 Å². The molecule has 1 aliphatic rings. The second-order valence-electron chi connectivity index (χ2n) is 6.14. The lowest BCUT2D eigenvalue weighted by Crippen LogP contribution is -2.28. The van der Waals surface area contributed by atoms with Gasteiger partial charge in [-0.25, -0.2) is 4.98 Å². The van der Waals surface area contributed by atoms with E-state index in [4.69, 9.17) is 25.8 Å². The van der Waals surface area contributed by atoms with E-state index < -0.39 is 5.92 Å². The molecule has 1 aliphatic heterocycles. The third-order valence-electron chi connectivity index (χ3n) is 4.45. The van der Waals surface area contributed by atoms with Crippen molar-refractivity contribution in [3.63, 3.8) is 0 Å². The molecule has 1 unspecified atom stereocenters. The number of amides is 2. The number of rotatable bonds is 6. The number of carbonyl (C=O) groups excluding carboxylic acids is 2. The van der Waals surface area contributed by atoms with Gasteiger partial charge in [0.2, 0.25) is 17.7 Å². The van der Waals surface area contributed by atoms with Gasteiger partial charge in [-0.05, 0) is 12.1 Å². The normalized spacial score (nSPS) is 16.1. The molecule has 0 saturated carbocycles. The first-order valence-electron chi connectivity index (χ1n) is 8.49. The maximum absolute atomic E-state index is 12.6. The van der Waals surface area contributed by atoms with Crippen molar-refractivity contribution < 1.29 is 23.8 Å². The molecule has 2 heterocycles. The van der Waals surface area contributed by atoms with E-state index in [0.29, 0.717) is 33.8 Å². The molecular weight excluding hydrogens is 386 g/mol. The number of anilines is 2. The molecule has 0 bridgehead atoms. The maximum atomic E-state index is 12.6. The lowest BCUT2D eigenvalue weighted by Gasteiger charge is -2.21. The van der Waals surface area contributed by atoms with Gasteiger partial charge in [0.1, 0.15) is 11.5 Å². The third kappa shape index (κ3) is 3.96. The van der Waals surface area contributed by atoms with Gasteiger partial charge in [-0.3, -0.25) is 9.59 Å². The minimum Gasteiger partial charge on any atom is -0.495 e. The molecule has 3 rings (SSSR count). The molecule has 1 saturated heterocycles. The van der Waals surface area contributed by atoms with Crippen molar-refractivity contribution >= 4 is 34.8 Å². The first-order valence-corrected chi connectivity index (χ1v) is 8.87. The highest BCUT2D eigenvalue weighted by Crippen LogP contribution is 2.40.